The summed E-state index contributed by atoms with van der Waals surface area (Å²) in [6.45, 7) is 0.451. The highest BCUT2D eigenvalue weighted by atomic mass is 16.5. The Morgan fingerprint density at radius 2 is 2.10 bits per heavy atom. The van der Waals surface area contributed by atoms with Crippen LogP contribution in [-0.2, 0) is 4.79 Å². The molecule has 0 saturated carbocycles. The van der Waals surface area contributed by atoms with E-state index in [0.717, 1.165) is 0 Å². The summed E-state index contributed by atoms with van der Waals surface area (Å²) in [5.74, 6) is 4.35. The van der Waals surface area contributed by atoms with Gasteiger partial charge in [0.05, 0.1) is 24.5 Å². The number of hydrogen-bond acceptors (Lipinski definition) is 5. The number of aromatic nitrogens is 2. The molecule has 1 aliphatic heterocycles. The molecule has 0 spiro atoms. The first-order chi connectivity index (χ1) is 14.3. The summed E-state index contributed by atoms with van der Waals surface area (Å²) < 4.78 is 6.65. The largest absolute Gasteiger partial charge is 0.495 e. The first-order valence-corrected chi connectivity index (χ1v) is 9.23. The zero-order chi connectivity index (χ0) is 21.5. The molecule has 152 valence electrons. The molecular weight excluding hydrogens is 386 g/mol. The predicted octanol–water partition coefficient (Wildman–Crippen LogP) is 1.65. The second-order valence-corrected chi connectivity index (χ2v) is 7.08. The lowest BCUT2D eigenvalue weighted by atomic mass is 10.0. The van der Waals surface area contributed by atoms with Gasteiger partial charge in [0.1, 0.15) is 5.75 Å². The van der Waals surface area contributed by atoms with Crippen molar-refractivity contribution in [2.75, 3.05) is 20.7 Å². The van der Waals surface area contributed by atoms with Gasteiger partial charge in [-0.25, -0.2) is 9.78 Å². The standard InChI is InChI=1S/C22H19N3O5/c1-24-11-10-22(29,21(24)28)9-8-14-4-3-5-15(12-14)18-17-7-6-16(30-2)13-25(17)19(23-18)20(26)27/h3-7,12-13,29H,10-11H2,1-2H3,(H,26,27)/t22-/m0/s1. The molecule has 3 heterocycles. The van der Waals surface area contributed by atoms with Gasteiger partial charge in [0.2, 0.25) is 11.4 Å². The van der Waals surface area contributed by atoms with Crippen molar-refractivity contribution in [3.63, 3.8) is 0 Å². The van der Waals surface area contributed by atoms with Crippen molar-refractivity contribution in [3.05, 3.63) is 54.0 Å². The number of likely N-dealkylation sites (N-methyl/N-ethyl adjacent to an activating group) is 1. The van der Waals surface area contributed by atoms with E-state index in [0.29, 0.717) is 34.6 Å². The number of carbonyl (C=O) groups is 2. The monoisotopic (exact) mass is 405 g/mol. The Morgan fingerprint density at radius 3 is 2.77 bits per heavy atom. The highest BCUT2D eigenvalue weighted by Gasteiger charge is 2.42. The van der Waals surface area contributed by atoms with Crippen molar-refractivity contribution >= 4 is 17.4 Å². The minimum atomic E-state index is -1.68. The fraction of sp³-hybridized carbons (Fsp3) is 0.227. The summed E-state index contributed by atoms with van der Waals surface area (Å²) in [4.78, 5) is 29.5. The maximum Gasteiger partial charge on any atom is 0.372 e. The zero-order valence-electron chi connectivity index (χ0n) is 16.4. The van der Waals surface area contributed by atoms with Crippen LogP contribution in [0.3, 0.4) is 0 Å². The van der Waals surface area contributed by atoms with Gasteiger partial charge in [-0.1, -0.05) is 24.0 Å². The molecule has 0 bridgehead atoms. The van der Waals surface area contributed by atoms with Gasteiger partial charge in [-0.05, 0) is 24.3 Å². The molecule has 1 amide bonds. The Hall–Kier alpha value is -3.83. The number of rotatable bonds is 3. The zero-order valence-corrected chi connectivity index (χ0v) is 16.4. The number of aliphatic hydroxyl groups is 1. The number of hydrogen-bond donors (Lipinski definition) is 2. The van der Waals surface area contributed by atoms with Gasteiger partial charge in [-0.2, -0.15) is 0 Å². The number of benzene rings is 1. The Morgan fingerprint density at radius 1 is 1.30 bits per heavy atom. The number of fused-ring (bicyclic) bond motifs is 1. The lowest BCUT2D eigenvalue weighted by Crippen LogP contribution is -2.37. The number of methoxy groups -OCH3 is 1. The fourth-order valence-corrected chi connectivity index (χ4v) is 3.44. The predicted molar refractivity (Wildman–Crippen MR) is 108 cm³/mol. The number of carboxylic acid groups (broad SMARTS) is 1. The molecule has 8 heteroatoms. The van der Waals surface area contributed by atoms with Crippen LogP contribution in [0.1, 0.15) is 22.6 Å². The number of likely N-dealkylation sites (tertiary alicyclic amines) is 1. The van der Waals surface area contributed by atoms with E-state index in [1.807, 2.05) is 0 Å². The maximum atomic E-state index is 12.1. The van der Waals surface area contributed by atoms with Gasteiger partial charge in [0.25, 0.3) is 5.91 Å². The van der Waals surface area contributed by atoms with Gasteiger partial charge in [-0.3, -0.25) is 9.20 Å². The van der Waals surface area contributed by atoms with Crippen LogP contribution in [-0.4, -0.2) is 62.7 Å². The minimum absolute atomic E-state index is 0.135. The van der Waals surface area contributed by atoms with Crippen LogP contribution >= 0.6 is 0 Å². The summed E-state index contributed by atoms with van der Waals surface area (Å²) in [6.07, 6.45) is 1.82. The van der Waals surface area contributed by atoms with Crippen LogP contribution in [0.4, 0.5) is 0 Å². The summed E-state index contributed by atoms with van der Waals surface area (Å²) >= 11 is 0. The summed E-state index contributed by atoms with van der Waals surface area (Å²) in [5, 5.41) is 20.0. The SMILES string of the molecule is COc1ccc2c(-c3cccc(C#C[C@]4(O)CCN(C)C4=O)c3)nc(C(=O)O)n2c1. The third-order valence-corrected chi connectivity index (χ3v) is 5.10. The third-order valence-electron chi connectivity index (χ3n) is 5.10. The molecule has 1 aliphatic rings. The number of amides is 1. The average molecular weight is 405 g/mol. The van der Waals surface area contributed by atoms with Crippen LogP contribution in [0.25, 0.3) is 16.8 Å². The Kier molecular flexibility index (Phi) is 4.68. The smallest absolute Gasteiger partial charge is 0.372 e. The summed E-state index contributed by atoms with van der Waals surface area (Å²) in [5.41, 5.74) is 0.645. The molecule has 0 aliphatic carbocycles. The van der Waals surface area contributed by atoms with Crippen molar-refractivity contribution in [2.24, 2.45) is 0 Å². The first-order valence-electron chi connectivity index (χ1n) is 9.23. The second-order valence-electron chi connectivity index (χ2n) is 7.08. The van der Waals surface area contributed by atoms with Crippen molar-refractivity contribution in [2.45, 2.75) is 12.0 Å². The van der Waals surface area contributed by atoms with Gasteiger partial charge in [-0.15, -0.1) is 0 Å². The molecule has 3 aromatic rings. The number of aromatic carboxylic acids is 1. The molecule has 1 saturated heterocycles. The Labute approximate surface area is 172 Å². The van der Waals surface area contributed by atoms with E-state index < -0.39 is 17.5 Å². The van der Waals surface area contributed by atoms with E-state index in [-0.39, 0.29) is 12.2 Å². The topological polar surface area (TPSA) is 104 Å². The molecule has 0 radical (unpaired) electrons. The fourth-order valence-electron chi connectivity index (χ4n) is 3.44. The van der Waals surface area contributed by atoms with E-state index in [9.17, 15) is 19.8 Å². The van der Waals surface area contributed by atoms with Crippen LogP contribution in [0.5, 0.6) is 5.75 Å². The van der Waals surface area contributed by atoms with Crippen LogP contribution in [0.15, 0.2) is 42.6 Å². The van der Waals surface area contributed by atoms with Crippen LogP contribution in [0, 0.1) is 11.8 Å². The van der Waals surface area contributed by atoms with Crippen LogP contribution < -0.4 is 4.74 Å². The van der Waals surface area contributed by atoms with Crippen LogP contribution in [0.2, 0.25) is 0 Å². The third kappa shape index (κ3) is 3.25. The molecular formula is C22H19N3O5. The van der Waals surface area contributed by atoms with Crippen molar-refractivity contribution < 1.29 is 24.5 Å². The van der Waals surface area contributed by atoms with Crippen molar-refractivity contribution in [1.29, 1.82) is 0 Å². The molecule has 0 unspecified atom stereocenters. The van der Waals surface area contributed by atoms with E-state index in [1.54, 1.807) is 49.6 Å². The highest BCUT2D eigenvalue weighted by molar-refractivity contribution is 5.91. The molecule has 1 aromatic carbocycles. The van der Waals surface area contributed by atoms with Gasteiger partial charge in [0, 0.05) is 31.1 Å². The summed E-state index contributed by atoms with van der Waals surface area (Å²) in [7, 11) is 3.13. The van der Waals surface area contributed by atoms with E-state index in [2.05, 4.69) is 16.8 Å². The first kappa shape index (κ1) is 19.5. The van der Waals surface area contributed by atoms with Gasteiger partial charge in [0.15, 0.2) is 0 Å². The van der Waals surface area contributed by atoms with Gasteiger partial charge >= 0.3 is 5.97 Å². The highest BCUT2D eigenvalue weighted by Crippen LogP contribution is 2.28. The molecule has 4 rings (SSSR count). The lowest BCUT2D eigenvalue weighted by Gasteiger charge is -2.13. The van der Waals surface area contributed by atoms with Gasteiger partial charge < -0.3 is 19.8 Å². The van der Waals surface area contributed by atoms with E-state index in [1.165, 1.54) is 16.4 Å². The Balaban J connectivity index is 1.77. The number of nitrogens with zero attached hydrogens (tertiary/aromatic N) is 3. The number of ether oxygens (including phenoxy) is 1. The van der Waals surface area contributed by atoms with E-state index >= 15 is 0 Å². The molecule has 2 N–H and O–H groups in total. The second kappa shape index (κ2) is 7.21. The maximum absolute atomic E-state index is 12.1. The minimum Gasteiger partial charge on any atom is -0.495 e. The number of carbonyl (C=O) groups excluding carboxylic acids is 1. The van der Waals surface area contributed by atoms with E-state index in [4.69, 9.17) is 4.74 Å². The number of pyridine rings is 1. The number of carboxylic acids is 1. The molecule has 2 aromatic heterocycles. The molecule has 8 nitrogen and oxygen atoms in total. The number of imidazole rings is 1. The Bertz CT molecular complexity index is 1240. The average Bonchev–Trinajstić information content (AvgIpc) is 3.26. The lowest BCUT2D eigenvalue weighted by molar-refractivity contribution is -0.137. The molecule has 1 fully saturated rings. The molecule has 30 heavy (non-hydrogen) atoms. The van der Waals surface area contributed by atoms with Crippen molar-refractivity contribution in [3.8, 4) is 28.8 Å². The molecule has 1 atom stereocenters. The van der Waals surface area contributed by atoms with Crippen molar-refractivity contribution in [1.82, 2.24) is 14.3 Å². The quantitative estimate of drug-likeness (QED) is 0.642. The normalized spacial score (nSPS) is 18.4. The summed E-state index contributed by atoms with van der Waals surface area (Å²) in [6, 6.07) is 10.5.